The molecule has 1 heterocycles. The zero-order valence-corrected chi connectivity index (χ0v) is 13.0. The molecule has 3 nitrogen and oxygen atoms in total. The number of ether oxygens (including phenoxy) is 2. The predicted octanol–water partition coefficient (Wildman–Crippen LogP) is 3.65. The van der Waals surface area contributed by atoms with Crippen molar-refractivity contribution in [2.45, 2.75) is 26.8 Å². The van der Waals surface area contributed by atoms with Crippen molar-refractivity contribution >= 4 is 0 Å². The van der Waals surface area contributed by atoms with Crippen LogP contribution in [-0.2, 0) is 0 Å². The summed E-state index contributed by atoms with van der Waals surface area (Å²) in [4.78, 5) is 0. The van der Waals surface area contributed by atoms with Gasteiger partial charge in [-0.05, 0) is 62.2 Å². The van der Waals surface area contributed by atoms with Crippen molar-refractivity contribution in [1.29, 1.82) is 0 Å². The second-order valence-corrected chi connectivity index (χ2v) is 5.65. The molecule has 0 aliphatic carbocycles. The highest BCUT2D eigenvalue weighted by Gasteiger charge is 2.20. The average molecular weight is 283 g/mol. The smallest absolute Gasteiger partial charge is 0.231 e. The minimum Gasteiger partial charge on any atom is -0.454 e. The van der Waals surface area contributed by atoms with Crippen molar-refractivity contribution in [1.82, 2.24) is 5.32 Å². The van der Waals surface area contributed by atoms with Crippen molar-refractivity contribution in [3.63, 3.8) is 0 Å². The van der Waals surface area contributed by atoms with Crippen LogP contribution >= 0.6 is 0 Å². The molecule has 0 radical (unpaired) electrons. The van der Waals surface area contributed by atoms with E-state index in [-0.39, 0.29) is 6.04 Å². The van der Waals surface area contributed by atoms with Crippen molar-refractivity contribution in [3.8, 4) is 11.5 Å². The molecule has 0 fully saturated rings. The third kappa shape index (κ3) is 2.49. The van der Waals surface area contributed by atoms with Crippen LogP contribution in [0.3, 0.4) is 0 Å². The van der Waals surface area contributed by atoms with Gasteiger partial charge in [0.05, 0.1) is 6.04 Å². The van der Waals surface area contributed by atoms with Gasteiger partial charge in [0.15, 0.2) is 11.5 Å². The van der Waals surface area contributed by atoms with Gasteiger partial charge in [-0.25, -0.2) is 0 Å². The lowest BCUT2D eigenvalue weighted by atomic mass is 9.90. The zero-order chi connectivity index (χ0) is 15.0. The largest absolute Gasteiger partial charge is 0.454 e. The minimum atomic E-state index is 0.153. The lowest BCUT2D eigenvalue weighted by molar-refractivity contribution is 0.174. The lowest BCUT2D eigenvalue weighted by Crippen LogP contribution is -2.20. The highest BCUT2D eigenvalue weighted by Crippen LogP contribution is 2.37. The molecule has 2 aromatic rings. The predicted molar refractivity (Wildman–Crippen MR) is 84.1 cm³/mol. The first-order valence-corrected chi connectivity index (χ1v) is 7.24. The summed E-state index contributed by atoms with van der Waals surface area (Å²) in [6.07, 6.45) is 0. The Morgan fingerprint density at radius 1 is 0.952 bits per heavy atom. The van der Waals surface area contributed by atoms with Gasteiger partial charge in [0.2, 0.25) is 6.79 Å². The van der Waals surface area contributed by atoms with E-state index >= 15 is 0 Å². The van der Waals surface area contributed by atoms with Crippen LogP contribution in [0.25, 0.3) is 0 Å². The van der Waals surface area contributed by atoms with Crippen LogP contribution < -0.4 is 14.8 Å². The highest BCUT2D eigenvalue weighted by atomic mass is 16.7. The van der Waals surface area contributed by atoms with E-state index in [2.05, 4.69) is 50.4 Å². The Labute approximate surface area is 125 Å². The summed E-state index contributed by atoms with van der Waals surface area (Å²) < 4.78 is 10.9. The van der Waals surface area contributed by atoms with Crippen molar-refractivity contribution < 1.29 is 9.47 Å². The number of fused-ring (bicyclic) bond motifs is 1. The van der Waals surface area contributed by atoms with E-state index in [1.807, 2.05) is 13.1 Å². The van der Waals surface area contributed by atoms with Crippen molar-refractivity contribution in [2.75, 3.05) is 13.8 Å². The number of hydrogen-bond acceptors (Lipinski definition) is 3. The van der Waals surface area contributed by atoms with Crippen LogP contribution in [0.1, 0.15) is 33.9 Å². The normalized spacial score (nSPS) is 14.3. The van der Waals surface area contributed by atoms with Crippen molar-refractivity contribution in [3.05, 3.63) is 58.1 Å². The molecule has 21 heavy (non-hydrogen) atoms. The second-order valence-electron chi connectivity index (χ2n) is 5.65. The maximum Gasteiger partial charge on any atom is 0.231 e. The van der Waals surface area contributed by atoms with Crippen LogP contribution in [0.5, 0.6) is 11.5 Å². The van der Waals surface area contributed by atoms with Gasteiger partial charge in [0, 0.05) is 0 Å². The van der Waals surface area contributed by atoms with E-state index in [1.54, 1.807) is 0 Å². The number of aryl methyl sites for hydroxylation is 3. The average Bonchev–Trinajstić information content (AvgIpc) is 2.89. The molecular weight excluding hydrogens is 262 g/mol. The molecule has 0 amide bonds. The molecule has 3 heteroatoms. The number of rotatable bonds is 3. The van der Waals surface area contributed by atoms with E-state index in [9.17, 15) is 0 Å². The van der Waals surface area contributed by atoms with Gasteiger partial charge in [-0.2, -0.15) is 0 Å². The van der Waals surface area contributed by atoms with Crippen LogP contribution in [0.15, 0.2) is 30.3 Å². The van der Waals surface area contributed by atoms with Gasteiger partial charge in [-0.3, -0.25) is 0 Å². The Balaban J connectivity index is 2.07. The third-order valence-corrected chi connectivity index (χ3v) is 4.05. The number of hydrogen-bond donors (Lipinski definition) is 1. The molecule has 110 valence electrons. The molecule has 2 aromatic carbocycles. The Morgan fingerprint density at radius 3 is 2.29 bits per heavy atom. The topological polar surface area (TPSA) is 30.5 Å². The van der Waals surface area contributed by atoms with E-state index in [4.69, 9.17) is 9.47 Å². The summed E-state index contributed by atoms with van der Waals surface area (Å²) in [7, 11) is 1.99. The maximum atomic E-state index is 5.50. The van der Waals surface area contributed by atoms with Gasteiger partial charge in [0.1, 0.15) is 0 Å². The fraction of sp³-hybridized carbons (Fsp3) is 0.333. The summed E-state index contributed by atoms with van der Waals surface area (Å²) in [5.41, 5.74) is 6.45. The van der Waals surface area contributed by atoms with Crippen molar-refractivity contribution in [2.24, 2.45) is 0 Å². The molecule has 0 saturated heterocycles. The fourth-order valence-corrected chi connectivity index (χ4v) is 3.22. The standard InChI is InChI=1S/C18H21NO2/c1-11-7-12(2)17(13(3)8-11)18(19-4)14-5-6-15-16(9-14)21-10-20-15/h5-9,18-19H,10H2,1-4H3. The van der Waals surface area contributed by atoms with E-state index in [0.29, 0.717) is 6.79 Å². The van der Waals surface area contributed by atoms with E-state index < -0.39 is 0 Å². The maximum absolute atomic E-state index is 5.50. The first-order valence-electron chi connectivity index (χ1n) is 7.24. The highest BCUT2D eigenvalue weighted by molar-refractivity contribution is 5.50. The summed E-state index contributed by atoms with van der Waals surface area (Å²) >= 11 is 0. The molecule has 0 bridgehead atoms. The van der Waals surface area contributed by atoms with Crippen LogP contribution in [0.4, 0.5) is 0 Å². The van der Waals surface area contributed by atoms with Gasteiger partial charge in [-0.15, -0.1) is 0 Å². The first-order chi connectivity index (χ1) is 10.1. The summed E-state index contributed by atoms with van der Waals surface area (Å²) in [6, 6.07) is 10.8. The number of nitrogens with one attached hydrogen (secondary N) is 1. The van der Waals surface area contributed by atoms with Gasteiger partial charge < -0.3 is 14.8 Å². The molecule has 0 aromatic heterocycles. The number of benzene rings is 2. The third-order valence-electron chi connectivity index (χ3n) is 4.05. The quantitative estimate of drug-likeness (QED) is 0.932. The molecule has 1 N–H and O–H groups in total. The SMILES string of the molecule is CNC(c1ccc2c(c1)OCO2)c1c(C)cc(C)cc1C. The summed E-state index contributed by atoms with van der Waals surface area (Å²) in [6.45, 7) is 6.80. The molecule has 0 spiro atoms. The molecule has 1 atom stereocenters. The molecule has 3 rings (SSSR count). The zero-order valence-electron chi connectivity index (χ0n) is 13.0. The van der Waals surface area contributed by atoms with E-state index in [1.165, 1.54) is 27.8 Å². The van der Waals surface area contributed by atoms with Gasteiger partial charge >= 0.3 is 0 Å². The van der Waals surface area contributed by atoms with Crippen LogP contribution in [0.2, 0.25) is 0 Å². The molecule has 0 saturated carbocycles. The molecular formula is C18H21NO2. The summed E-state index contributed by atoms with van der Waals surface area (Å²) in [5.74, 6) is 1.65. The molecule has 1 unspecified atom stereocenters. The van der Waals surface area contributed by atoms with Crippen LogP contribution in [0, 0.1) is 20.8 Å². The lowest BCUT2D eigenvalue weighted by Gasteiger charge is -2.22. The fourth-order valence-electron chi connectivity index (χ4n) is 3.22. The Hall–Kier alpha value is -2.00. The monoisotopic (exact) mass is 283 g/mol. The molecule has 1 aliphatic heterocycles. The molecule has 1 aliphatic rings. The Bertz CT molecular complexity index is 656. The first kappa shape index (κ1) is 14.0. The minimum absolute atomic E-state index is 0.153. The summed E-state index contributed by atoms with van der Waals surface area (Å²) in [5, 5.41) is 3.43. The van der Waals surface area contributed by atoms with Crippen LogP contribution in [-0.4, -0.2) is 13.8 Å². The van der Waals surface area contributed by atoms with E-state index in [0.717, 1.165) is 11.5 Å². The Morgan fingerprint density at radius 2 is 1.62 bits per heavy atom. The second kappa shape index (κ2) is 5.41. The Kier molecular flexibility index (Phi) is 3.60. The van der Waals surface area contributed by atoms with Gasteiger partial charge in [0.25, 0.3) is 0 Å². The van der Waals surface area contributed by atoms with Gasteiger partial charge in [-0.1, -0.05) is 23.8 Å².